The van der Waals surface area contributed by atoms with Crippen LogP contribution in [0.25, 0.3) is 0 Å². The van der Waals surface area contributed by atoms with Gasteiger partial charge in [-0.05, 0) is 25.7 Å². The molecule has 0 aromatic rings. The maximum Gasteiger partial charge on any atom is 1.00 e. The van der Waals surface area contributed by atoms with Crippen molar-refractivity contribution >= 4 is 10.1 Å². The van der Waals surface area contributed by atoms with Crippen LogP contribution in [0.5, 0.6) is 0 Å². The summed E-state index contributed by atoms with van der Waals surface area (Å²) in [4.78, 5) is 0. The molecule has 0 amide bonds. The maximum absolute atomic E-state index is 10.9. The molecule has 0 saturated carbocycles. The Kier molecular flexibility index (Phi) is 15.8. The monoisotopic (exact) mass is 318 g/mol. The number of rotatable bonds is 11. The van der Waals surface area contributed by atoms with Crippen LogP contribution in [0.1, 0.15) is 71.6 Å². The van der Waals surface area contributed by atoms with E-state index in [9.17, 15) is 18.1 Å². The van der Waals surface area contributed by atoms with Gasteiger partial charge in [0.25, 0.3) is 0 Å². The van der Waals surface area contributed by atoms with Crippen molar-refractivity contribution in [2.75, 3.05) is 0 Å². The van der Waals surface area contributed by atoms with Crippen molar-refractivity contribution in [1.29, 1.82) is 0 Å². The molecule has 2 unspecified atom stereocenters. The summed E-state index contributed by atoms with van der Waals surface area (Å²) in [6.45, 7) is 3.85. The minimum Gasteiger partial charge on any atom is -0.748 e. The van der Waals surface area contributed by atoms with E-state index in [4.69, 9.17) is 0 Å². The van der Waals surface area contributed by atoms with Gasteiger partial charge in [0.05, 0.1) is 16.2 Å². The molecule has 0 spiro atoms. The topological polar surface area (TPSA) is 77.4 Å². The Bertz CT molecular complexity index is 293. The third kappa shape index (κ3) is 12.9. The summed E-state index contributed by atoms with van der Waals surface area (Å²) in [6.07, 6.45) is 6.95. The van der Waals surface area contributed by atoms with Gasteiger partial charge in [-0.15, -0.1) is 0 Å². The average Bonchev–Trinajstić information content (AvgIpc) is 2.27. The number of hydrogen-bond donors (Lipinski definition) is 1. The molecule has 0 aromatic carbocycles. The molecule has 0 aliphatic heterocycles. The Morgan fingerprint density at radius 3 is 2.05 bits per heavy atom. The van der Waals surface area contributed by atoms with Crippen molar-refractivity contribution in [2.45, 2.75) is 83.0 Å². The number of unbranched alkanes of at least 4 members (excludes halogenated alkanes) is 4. The van der Waals surface area contributed by atoms with Crippen LogP contribution in [0.15, 0.2) is 0 Å². The molecule has 0 rings (SSSR count). The van der Waals surface area contributed by atoms with Gasteiger partial charge in [-0.2, -0.15) is 0 Å². The molecule has 1 N–H and O–H groups in total. The van der Waals surface area contributed by atoms with Crippen LogP contribution in [0.3, 0.4) is 0 Å². The zero-order valence-corrected chi connectivity index (χ0v) is 16.5. The number of aliphatic hydroxyl groups is 1. The fourth-order valence-corrected chi connectivity index (χ4v) is 2.89. The molecule has 0 aliphatic rings. The van der Waals surface area contributed by atoms with Gasteiger partial charge in [-0.25, -0.2) is 8.42 Å². The summed E-state index contributed by atoms with van der Waals surface area (Å²) in [5, 5.41) is 8.88. The molecule has 0 aliphatic carbocycles. The van der Waals surface area contributed by atoms with E-state index in [1.165, 1.54) is 19.3 Å². The predicted molar refractivity (Wildman–Crippen MR) is 72.4 cm³/mol. The van der Waals surface area contributed by atoms with Gasteiger partial charge in [0.2, 0.25) is 0 Å². The second-order valence-electron chi connectivity index (χ2n) is 4.96. The van der Waals surface area contributed by atoms with E-state index in [1.807, 2.05) is 0 Å². The molecule has 19 heavy (non-hydrogen) atoms. The van der Waals surface area contributed by atoms with Crippen LogP contribution in [-0.4, -0.2) is 29.4 Å². The van der Waals surface area contributed by atoms with Crippen molar-refractivity contribution in [3.8, 4) is 0 Å². The van der Waals surface area contributed by atoms with Crippen LogP contribution >= 0.6 is 0 Å². The minimum absolute atomic E-state index is 0. The second-order valence-corrected chi connectivity index (χ2v) is 6.61. The fourth-order valence-electron chi connectivity index (χ4n) is 2.06. The van der Waals surface area contributed by atoms with Gasteiger partial charge in [0, 0.05) is 5.25 Å². The average molecular weight is 319 g/mol. The zero-order valence-electron chi connectivity index (χ0n) is 12.6. The Morgan fingerprint density at radius 1 is 1.00 bits per heavy atom. The van der Waals surface area contributed by atoms with Gasteiger partial charge in [-0.3, -0.25) is 0 Å². The Morgan fingerprint density at radius 2 is 1.58 bits per heavy atom. The van der Waals surface area contributed by atoms with Gasteiger partial charge in [0.15, 0.2) is 0 Å². The van der Waals surface area contributed by atoms with E-state index in [-0.39, 0.29) is 57.8 Å². The Labute approximate surface area is 160 Å². The molecule has 0 radical (unpaired) electrons. The molecule has 4 nitrogen and oxygen atoms in total. The fraction of sp³-hybridized carbons (Fsp3) is 1.00. The maximum atomic E-state index is 10.9. The van der Waals surface area contributed by atoms with Crippen LogP contribution in [0.4, 0.5) is 0 Å². The van der Waals surface area contributed by atoms with Crippen molar-refractivity contribution in [3.63, 3.8) is 0 Å². The largest absolute Gasteiger partial charge is 1.00 e. The van der Waals surface area contributed by atoms with Crippen LogP contribution in [-0.2, 0) is 10.1 Å². The predicted octanol–water partition coefficient (Wildman–Crippen LogP) is -0.184. The minimum atomic E-state index is -4.20. The standard InChI is InChI=1S/C13H28O4S.K/c1-3-5-6-7-8-9-12(14)10-11-13(4-2)18(15,16)17;/h12-14H,3-11H2,1-2H3,(H,15,16,17);/q;+1/p-1. The molecule has 2 atom stereocenters. The van der Waals surface area contributed by atoms with Crippen LogP contribution < -0.4 is 51.4 Å². The van der Waals surface area contributed by atoms with E-state index in [2.05, 4.69) is 6.92 Å². The Balaban J connectivity index is 0. The second kappa shape index (κ2) is 13.2. The first-order chi connectivity index (χ1) is 8.41. The molecule has 110 valence electrons. The summed E-state index contributed by atoms with van der Waals surface area (Å²) in [6, 6.07) is 0. The van der Waals surface area contributed by atoms with Gasteiger partial charge < -0.3 is 9.66 Å². The first-order valence-corrected chi connectivity index (χ1v) is 8.51. The first-order valence-electron chi connectivity index (χ1n) is 7.04. The molecule has 0 aromatic heterocycles. The van der Waals surface area contributed by atoms with Crippen molar-refractivity contribution < 1.29 is 69.5 Å². The number of aliphatic hydroxyl groups excluding tert-OH is 1. The van der Waals surface area contributed by atoms with Crippen molar-refractivity contribution in [3.05, 3.63) is 0 Å². The van der Waals surface area contributed by atoms with Crippen LogP contribution in [0.2, 0.25) is 0 Å². The van der Waals surface area contributed by atoms with Crippen molar-refractivity contribution in [2.24, 2.45) is 0 Å². The molecule has 0 bridgehead atoms. The van der Waals surface area contributed by atoms with E-state index in [0.29, 0.717) is 19.3 Å². The molecular weight excluding hydrogens is 291 g/mol. The normalized spacial score (nSPS) is 14.7. The summed E-state index contributed by atoms with van der Waals surface area (Å²) in [5.74, 6) is 0. The first kappa shape index (κ1) is 22.8. The summed E-state index contributed by atoms with van der Waals surface area (Å²) in [5.41, 5.74) is 0. The van der Waals surface area contributed by atoms with Gasteiger partial charge in [-0.1, -0.05) is 46.0 Å². The summed E-state index contributed by atoms with van der Waals surface area (Å²) in [7, 11) is -4.20. The van der Waals surface area contributed by atoms with Crippen LogP contribution in [0, 0.1) is 0 Å². The molecular formula is C13H27KO4S. The molecule has 0 saturated heterocycles. The zero-order chi connectivity index (χ0) is 14.0. The van der Waals surface area contributed by atoms with E-state index < -0.39 is 21.5 Å². The summed E-state index contributed by atoms with van der Waals surface area (Å²) < 4.78 is 32.6. The molecule has 0 fully saturated rings. The van der Waals surface area contributed by atoms with E-state index in [1.54, 1.807) is 6.92 Å². The SMILES string of the molecule is CCCCCCCC(O)CCC(CC)S(=O)(=O)[O-].[K+]. The Hall–Kier alpha value is 1.51. The van der Waals surface area contributed by atoms with Gasteiger partial charge >= 0.3 is 51.4 Å². The smallest absolute Gasteiger partial charge is 0.748 e. The number of hydrogen-bond acceptors (Lipinski definition) is 4. The third-order valence-corrected chi connectivity index (χ3v) is 4.71. The quantitative estimate of drug-likeness (QED) is 0.326. The van der Waals surface area contributed by atoms with E-state index in [0.717, 1.165) is 12.8 Å². The van der Waals surface area contributed by atoms with Gasteiger partial charge in [0.1, 0.15) is 0 Å². The van der Waals surface area contributed by atoms with Crippen molar-refractivity contribution in [1.82, 2.24) is 0 Å². The summed E-state index contributed by atoms with van der Waals surface area (Å²) >= 11 is 0. The third-order valence-electron chi connectivity index (χ3n) is 3.33. The molecule has 6 heteroatoms. The van der Waals surface area contributed by atoms with E-state index >= 15 is 0 Å². The molecule has 0 heterocycles.